The maximum absolute atomic E-state index is 13.2. The number of aryl methyl sites for hydroxylation is 1. The number of carbonyl (C=O) groups is 2. The molecule has 0 spiro atoms. The van der Waals surface area contributed by atoms with E-state index < -0.39 is 17.9 Å². The van der Waals surface area contributed by atoms with Crippen LogP contribution in [0.5, 0.6) is 0 Å². The molecule has 0 saturated carbocycles. The Kier molecular flexibility index (Phi) is 10.2. The van der Waals surface area contributed by atoms with Gasteiger partial charge in [0, 0.05) is 17.1 Å². The first-order valence-electron chi connectivity index (χ1n) is 11.7. The fraction of sp³-hybridized carbons (Fsp3) is 0.167. The summed E-state index contributed by atoms with van der Waals surface area (Å²) in [6, 6.07) is 22.6. The first kappa shape index (κ1) is 28.3. The van der Waals surface area contributed by atoms with Gasteiger partial charge in [-0.3, -0.25) is 9.78 Å². The van der Waals surface area contributed by atoms with Crippen LogP contribution in [-0.4, -0.2) is 58.9 Å². The molecule has 0 radical (unpaired) electrons. The van der Waals surface area contributed by atoms with Crippen molar-refractivity contribution in [2.45, 2.75) is 19.4 Å². The van der Waals surface area contributed by atoms with Crippen molar-refractivity contribution in [2.24, 2.45) is 0 Å². The molecule has 5 nitrogen and oxygen atoms in total. The zero-order chi connectivity index (χ0) is 25.5. The minimum absolute atomic E-state index is 0. The molecule has 4 aromatic rings. The summed E-state index contributed by atoms with van der Waals surface area (Å²) in [6.07, 6.45) is 8.11. The van der Waals surface area contributed by atoms with Gasteiger partial charge in [0.2, 0.25) is 0 Å². The van der Waals surface area contributed by atoms with E-state index in [1.54, 1.807) is 17.8 Å². The van der Waals surface area contributed by atoms with Crippen LogP contribution in [0.2, 0.25) is 0 Å². The van der Waals surface area contributed by atoms with Crippen LogP contribution in [0.25, 0.3) is 34.2 Å². The Bertz CT molecular complexity index is 1440. The zero-order valence-electron chi connectivity index (χ0n) is 20.3. The van der Waals surface area contributed by atoms with Gasteiger partial charge in [0.15, 0.2) is 0 Å². The zero-order valence-corrected chi connectivity index (χ0v) is 21.1. The first-order chi connectivity index (χ1) is 17.5. The molecule has 1 unspecified atom stereocenters. The van der Waals surface area contributed by atoms with Crippen LogP contribution in [-0.2, 0) is 4.79 Å². The van der Waals surface area contributed by atoms with Crippen LogP contribution in [0, 0.1) is 6.92 Å². The molecule has 4 rings (SSSR count). The third-order valence-corrected chi connectivity index (χ3v) is 6.66. The second-order valence-corrected chi connectivity index (χ2v) is 9.55. The summed E-state index contributed by atoms with van der Waals surface area (Å²) in [5, 5.41) is 13.4. The van der Waals surface area contributed by atoms with E-state index in [-0.39, 0.29) is 18.9 Å². The van der Waals surface area contributed by atoms with Gasteiger partial charge < -0.3 is 10.4 Å². The minimum atomic E-state index is -1.03. The van der Waals surface area contributed by atoms with Crippen molar-refractivity contribution < 1.29 is 14.7 Å². The van der Waals surface area contributed by atoms with Crippen LogP contribution < -0.4 is 5.32 Å². The van der Waals surface area contributed by atoms with E-state index in [0.29, 0.717) is 17.7 Å². The fourth-order valence-corrected chi connectivity index (χ4v) is 4.53. The van der Waals surface area contributed by atoms with Crippen molar-refractivity contribution in [2.75, 3.05) is 12.0 Å². The number of carboxylic acids is 1. The number of amides is 1. The number of nitrogens with one attached hydrogen (secondary N) is 1. The number of para-hydroxylation sites is 1. The molecule has 3 aromatic carbocycles. The number of benzene rings is 3. The maximum atomic E-state index is 13.2. The Hall–Kier alpha value is -3.30. The number of aromatic nitrogens is 1. The first-order valence-corrected chi connectivity index (χ1v) is 13.1. The van der Waals surface area contributed by atoms with Crippen LogP contribution in [0.1, 0.15) is 33.5 Å². The Labute approximate surface area is 233 Å². The average molecular weight is 505 g/mol. The molecule has 2 N–H and O–H groups in total. The van der Waals surface area contributed by atoms with E-state index in [1.807, 2.05) is 92.2 Å². The molecule has 0 saturated heterocycles. The van der Waals surface area contributed by atoms with Crippen molar-refractivity contribution >= 4 is 65.6 Å². The monoisotopic (exact) mass is 504 g/mol. The van der Waals surface area contributed by atoms with Crippen LogP contribution in [0.15, 0.2) is 79.0 Å². The Balaban J connectivity index is 0.00000380. The number of aliphatic carboxylic acids is 1. The van der Waals surface area contributed by atoms with Crippen molar-refractivity contribution in [3.05, 3.63) is 101 Å². The van der Waals surface area contributed by atoms with Crippen LogP contribution in [0.4, 0.5) is 0 Å². The van der Waals surface area contributed by atoms with Gasteiger partial charge in [-0.1, -0.05) is 60.7 Å². The van der Waals surface area contributed by atoms with E-state index in [0.717, 1.165) is 38.7 Å². The molecular formula is C30H29LiN2O3S. The van der Waals surface area contributed by atoms with Gasteiger partial charge in [-0.2, -0.15) is 11.8 Å². The topological polar surface area (TPSA) is 79.3 Å². The molecule has 37 heavy (non-hydrogen) atoms. The predicted octanol–water partition coefficient (Wildman–Crippen LogP) is 5.67. The summed E-state index contributed by atoms with van der Waals surface area (Å²) in [5.41, 5.74) is 6.03. The number of thioether (sulfide) groups is 1. The molecule has 0 aliphatic rings. The number of nitrogens with zero attached hydrogens (tertiary/aromatic N) is 1. The van der Waals surface area contributed by atoms with Gasteiger partial charge in [0.05, 0.1) is 5.52 Å². The van der Waals surface area contributed by atoms with E-state index in [9.17, 15) is 14.7 Å². The van der Waals surface area contributed by atoms with Crippen molar-refractivity contribution in [3.8, 4) is 11.1 Å². The Morgan fingerprint density at radius 2 is 1.70 bits per heavy atom. The molecule has 1 heterocycles. The Morgan fingerprint density at radius 3 is 2.46 bits per heavy atom. The number of carboxylic acid groups (broad SMARTS) is 1. The van der Waals surface area contributed by atoms with E-state index >= 15 is 0 Å². The number of carbonyl (C=O) groups excluding carboxylic acids is 1. The summed E-state index contributed by atoms with van der Waals surface area (Å²) < 4.78 is 0. The van der Waals surface area contributed by atoms with Crippen LogP contribution >= 0.6 is 11.8 Å². The second kappa shape index (κ2) is 13.3. The molecule has 1 atom stereocenters. The molecule has 0 fully saturated rings. The third kappa shape index (κ3) is 7.14. The van der Waals surface area contributed by atoms with Crippen molar-refractivity contribution in [1.82, 2.24) is 10.3 Å². The molecule has 1 aromatic heterocycles. The molecule has 7 heteroatoms. The number of pyridine rings is 1. The molecule has 0 aliphatic heterocycles. The standard InChI is InChI=1S/C30H28N2O3S.Li.H/c1-20-7-3-5-9-24(20)26-18-21(11-12-22-17-23-8-4-6-10-27(23)31-19-22)13-14-25(26)29(33)32-28(30(34)35)15-16-36-2;;/h3-14,17-19,28H,15-16H2,1-2H3,(H,32,33)(H,34,35);;/b12-11+;;. The Morgan fingerprint density at radius 1 is 0.973 bits per heavy atom. The molecule has 1 amide bonds. The normalized spacial score (nSPS) is 11.7. The second-order valence-electron chi connectivity index (χ2n) is 8.56. The van der Waals surface area contributed by atoms with E-state index in [2.05, 4.69) is 16.4 Å². The number of fused-ring (bicyclic) bond motifs is 1. The van der Waals surface area contributed by atoms with Crippen LogP contribution in [0.3, 0.4) is 0 Å². The number of hydrogen-bond acceptors (Lipinski definition) is 4. The van der Waals surface area contributed by atoms with Gasteiger partial charge >= 0.3 is 24.8 Å². The predicted molar refractivity (Wildman–Crippen MR) is 156 cm³/mol. The molecule has 184 valence electrons. The SMILES string of the molecule is CSCCC(NC(=O)c1ccc(/C=C/c2cnc3ccccc3c2)cc1-c1ccccc1C)C(=O)O.[LiH]. The van der Waals surface area contributed by atoms with Gasteiger partial charge in [0.25, 0.3) is 5.91 Å². The molecule has 0 bridgehead atoms. The summed E-state index contributed by atoms with van der Waals surface area (Å²) in [4.78, 5) is 29.5. The summed E-state index contributed by atoms with van der Waals surface area (Å²) in [5.74, 6) is -0.774. The third-order valence-electron chi connectivity index (χ3n) is 6.02. The van der Waals surface area contributed by atoms with Gasteiger partial charge in [0.1, 0.15) is 6.04 Å². The fourth-order valence-electron chi connectivity index (χ4n) is 4.06. The van der Waals surface area contributed by atoms with Crippen molar-refractivity contribution in [3.63, 3.8) is 0 Å². The average Bonchev–Trinajstić information content (AvgIpc) is 2.89. The van der Waals surface area contributed by atoms with Crippen molar-refractivity contribution in [1.29, 1.82) is 0 Å². The quantitative estimate of drug-likeness (QED) is 0.287. The summed E-state index contributed by atoms with van der Waals surface area (Å²) >= 11 is 1.55. The van der Waals surface area contributed by atoms with Gasteiger partial charge in [-0.25, -0.2) is 4.79 Å². The number of rotatable bonds is 9. The molecular weight excluding hydrogens is 475 g/mol. The van der Waals surface area contributed by atoms with Gasteiger partial charge in [-0.15, -0.1) is 0 Å². The summed E-state index contributed by atoms with van der Waals surface area (Å²) in [7, 11) is 0. The van der Waals surface area contributed by atoms with E-state index in [4.69, 9.17) is 0 Å². The molecule has 0 aliphatic carbocycles. The summed E-state index contributed by atoms with van der Waals surface area (Å²) in [6.45, 7) is 2.00. The van der Waals surface area contributed by atoms with E-state index in [1.165, 1.54) is 0 Å². The van der Waals surface area contributed by atoms with Gasteiger partial charge in [-0.05, 0) is 77.4 Å². The number of hydrogen-bond donors (Lipinski definition) is 2.